The van der Waals surface area contributed by atoms with Crippen LogP contribution in [0.4, 0.5) is 0 Å². The van der Waals surface area contributed by atoms with Crippen molar-refractivity contribution < 1.29 is 4.79 Å². The molecule has 0 saturated carbocycles. The van der Waals surface area contributed by atoms with Crippen LogP contribution in [0.25, 0.3) is 0 Å². The minimum Gasteiger partial charge on any atom is -0.299 e. The number of ketones is 1. The molecule has 0 aromatic heterocycles. The molecular formula is C15H24O. The molecule has 0 fully saturated rings. The van der Waals surface area contributed by atoms with Gasteiger partial charge in [0, 0.05) is 5.41 Å². The molecule has 0 aromatic rings. The lowest BCUT2D eigenvalue weighted by Crippen LogP contribution is -2.38. The fourth-order valence-corrected chi connectivity index (χ4v) is 3.04. The van der Waals surface area contributed by atoms with Gasteiger partial charge in [-0.2, -0.15) is 0 Å². The Kier molecular flexibility index (Phi) is 4.52. The molecule has 0 amide bonds. The Bertz CT molecular complexity index is 301. The number of carbonyl (C=O) groups is 1. The van der Waals surface area contributed by atoms with E-state index in [0.717, 1.165) is 32.1 Å². The predicted molar refractivity (Wildman–Crippen MR) is 69.3 cm³/mol. The molecule has 1 nitrogen and oxygen atoms in total. The molecule has 0 heterocycles. The van der Waals surface area contributed by atoms with E-state index in [9.17, 15) is 4.79 Å². The molecule has 2 atom stereocenters. The van der Waals surface area contributed by atoms with E-state index in [-0.39, 0.29) is 5.41 Å². The Labute approximate surface area is 99.6 Å². The van der Waals surface area contributed by atoms with E-state index >= 15 is 0 Å². The van der Waals surface area contributed by atoms with Crippen LogP contribution in [0.3, 0.4) is 0 Å². The lowest BCUT2D eigenvalue weighted by Gasteiger charge is -2.40. The van der Waals surface area contributed by atoms with Gasteiger partial charge in [-0.3, -0.25) is 4.79 Å². The first kappa shape index (κ1) is 13.2. The highest BCUT2D eigenvalue weighted by Crippen LogP contribution is 2.45. The van der Waals surface area contributed by atoms with Crippen molar-refractivity contribution >= 4 is 5.78 Å². The van der Waals surface area contributed by atoms with E-state index in [4.69, 9.17) is 0 Å². The quantitative estimate of drug-likeness (QED) is 0.631. The first-order valence-corrected chi connectivity index (χ1v) is 6.36. The van der Waals surface area contributed by atoms with Crippen molar-refractivity contribution in [1.82, 2.24) is 0 Å². The van der Waals surface area contributed by atoms with Crippen molar-refractivity contribution in [2.45, 2.75) is 52.9 Å². The summed E-state index contributed by atoms with van der Waals surface area (Å²) in [5.74, 6) is 0.692. The molecule has 0 spiro atoms. The Morgan fingerprint density at radius 1 is 1.69 bits per heavy atom. The monoisotopic (exact) mass is 220 g/mol. The number of carbonyl (C=O) groups excluding carboxylic acids is 1. The largest absolute Gasteiger partial charge is 0.299 e. The van der Waals surface area contributed by atoms with Crippen molar-refractivity contribution in [1.29, 1.82) is 0 Å². The van der Waals surface area contributed by atoms with Crippen LogP contribution in [0.2, 0.25) is 0 Å². The summed E-state index contributed by atoms with van der Waals surface area (Å²) in [5.41, 5.74) is 1.21. The molecule has 1 aliphatic carbocycles. The highest BCUT2D eigenvalue weighted by Gasteiger charge is 2.41. The zero-order chi connectivity index (χ0) is 12.2. The fourth-order valence-electron chi connectivity index (χ4n) is 3.04. The third-order valence-electron chi connectivity index (χ3n) is 3.97. The molecule has 1 heteroatoms. The minimum atomic E-state index is -0.156. The van der Waals surface area contributed by atoms with E-state index in [2.05, 4.69) is 26.5 Å². The maximum absolute atomic E-state index is 12.1. The molecule has 0 N–H and O–H groups in total. The van der Waals surface area contributed by atoms with E-state index < -0.39 is 0 Å². The average molecular weight is 220 g/mol. The molecular weight excluding hydrogens is 196 g/mol. The highest BCUT2D eigenvalue weighted by atomic mass is 16.1. The smallest absolute Gasteiger partial charge is 0.136 e. The number of hydrogen-bond acceptors (Lipinski definition) is 1. The summed E-state index contributed by atoms with van der Waals surface area (Å²) >= 11 is 0. The summed E-state index contributed by atoms with van der Waals surface area (Å²) < 4.78 is 0. The molecule has 0 radical (unpaired) electrons. The van der Waals surface area contributed by atoms with E-state index in [1.54, 1.807) is 6.92 Å². The summed E-state index contributed by atoms with van der Waals surface area (Å²) in [6.45, 7) is 10.0. The second-order valence-corrected chi connectivity index (χ2v) is 5.11. The van der Waals surface area contributed by atoms with Crippen LogP contribution in [0.15, 0.2) is 24.3 Å². The number of Topliss-reactive ketones (excluding diaryl/α,β-unsaturated/α-hetero) is 1. The van der Waals surface area contributed by atoms with Crippen LogP contribution in [-0.4, -0.2) is 5.78 Å². The van der Waals surface area contributed by atoms with Crippen LogP contribution >= 0.6 is 0 Å². The van der Waals surface area contributed by atoms with Gasteiger partial charge in [0.2, 0.25) is 0 Å². The maximum atomic E-state index is 12.1. The molecule has 0 aliphatic heterocycles. The van der Waals surface area contributed by atoms with Crippen LogP contribution in [0.1, 0.15) is 52.9 Å². The number of hydrogen-bond donors (Lipinski definition) is 0. The Morgan fingerprint density at radius 3 is 2.81 bits per heavy atom. The van der Waals surface area contributed by atoms with Crippen molar-refractivity contribution in [3.8, 4) is 0 Å². The van der Waals surface area contributed by atoms with Gasteiger partial charge in [0.1, 0.15) is 5.78 Å². The van der Waals surface area contributed by atoms with Gasteiger partial charge >= 0.3 is 0 Å². The molecule has 0 saturated heterocycles. The molecule has 1 rings (SSSR count). The number of rotatable bonds is 5. The summed E-state index contributed by atoms with van der Waals surface area (Å²) in [7, 11) is 0. The Balaban J connectivity index is 3.00. The first-order chi connectivity index (χ1) is 7.56. The van der Waals surface area contributed by atoms with E-state index in [0.29, 0.717) is 11.7 Å². The van der Waals surface area contributed by atoms with Crippen LogP contribution < -0.4 is 0 Å². The summed E-state index contributed by atoms with van der Waals surface area (Å²) in [6, 6.07) is 0. The normalized spacial score (nSPS) is 27.1. The van der Waals surface area contributed by atoms with Crippen LogP contribution in [-0.2, 0) is 4.79 Å². The summed E-state index contributed by atoms with van der Waals surface area (Å²) in [6.07, 6.45) is 9.44. The van der Waals surface area contributed by atoms with Gasteiger partial charge in [-0.15, -0.1) is 6.58 Å². The second-order valence-electron chi connectivity index (χ2n) is 5.11. The fraction of sp³-hybridized carbons (Fsp3) is 0.667. The summed E-state index contributed by atoms with van der Waals surface area (Å²) in [5, 5.41) is 0. The van der Waals surface area contributed by atoms with Crippen molar-refractivity contribution in [2.75, 3.05) is 0 Å². The zero-order valence-corrected chi connectivity index (χ0v) is 10.9. The van der Waals surface area contributed by atoms with Gasteiger partial charge in [0.15, 0.2) is 0 Å². The summed E-state index contributed by atoms with van der Waals surface area (Å²) in [4.78, 5) is 12.1. The van der Waals surface area contributed by atoms with Crippen LogP contribution in [0, 0.1) is 11.3 Å². The van der Waals surface area contributed by atoms with Crippen LogP contribution in [0.5, 0.6) is 0 Å². The van der Waals surface area contributed by atoms with Gasteiger partial charge in [0.05, 0.1) is 0 Å². The standard InChI is InChI=1S/C15H24O/c1-5-8-14(6-2)15(13(4)16)10-7-9-12(3)11-15/h6,9,14H,2,5,7-8,10-11H2,1,3-4H3. The molecule has 16 heavy (non-hydrogen) atoms. The van der Waals surface area contributed by atoms with Gasteiger partial charge in [-0.25, -0.2) is 0 Å². The Hall–Kier alpha value is -0.850. The third-order valence-corrected chi connectivity index (χ3v) is 3.97. The highest BCUT2D eigenvalue weighted by molar-refractivity contribution is 5.83. The van der Waals surface area contributed by atoms with Crippen molar-refractivity contribution in [2.24, 2.45) is 11.3 Å². The van der Waals surface area contributed by atoms with E-state index in [1.807, 2.05) is 6.08 Å². The van der Waals surface area contributed by atoms with Gasteiger partial charge < -0.3 is 0 Å². The molecule has 0 aromatic carbocycles. The number of allylic oxidation sites excluding steroid dienone is 3. The zero-order valence-electron chi connectivity index (χ0n) is 10.9. The first-order valence-electron chi connectivity index (χ1n) is 6.36. The van der Waals surface area contributed by atoms with E-state index in [1.165, 1.54) is 5.57 Å². The minimum absolute atomic E-state index is 0.156. The van der Waals surface area contributed by atoms with Crippen molar-refractivity contribution in [3.63, 3.8) is 0 Å². The van der Waals surface area contributed by atoms with Gasteiger partial charge in [-0.1, -0.05) is 31.1 Å². The maximum Gasteiger partial charge on any atom is 0.136 e. The lowest BCUT2D eigenvalue weighted by molar-refractivity contribution is -0.129. The third kappa shape index (κ3) is 2.45. The van der Waals surface area contributed by atoms with Gasteiger partial charge in [0.25, 0.3) is 0 Å². The lowest BCUT2D eigenvalue weighted by atomic mass is 9.62. The topological polar surface area (TPSA) is 17.1 Å². The average Bonchev–Trinajstić information content (AvgIpc) is 2.25. The molecule has 1 aliphatic rings. The second kappa shape index (κ2) is 5.47. The SMILES string of the molecule is C=CC(CCC)C1(C(C)=O)CCC=C(C)C1. The molecule has 0 bridgehead atoms. The van der Waals surface area contributed by atoms with Gasteiger partial charge in [-0.05, 0) is 45.4 Å². The predicted octanol–water partition coefficient (Wildman–Crippen LogP) is 4.29. The Morgan fingerprint density at radius 2 is 2.38 bits per heavy atom. The van der Waals surface area contributed by atoms with Crippen molar-refractivity contribution in [3.05, 3.63) is 24.3 Å². The molecule has 2 unspecified atom stereocenters. The molecule has 90 valence electrons.